The van der Waals surface area contributed by atoms with Gasteiger partial charge in [-0.2, -0.15) is 0 Å². The van der Waals surface area contributed by atoms with Crippen molar-refractivity contribution < 1.29 is 9.32 Å². The molecule has 0 aliphatic carbocycles. The number of aliphatic hydroxyl groups excluding tert-OH is 1. The van der Waals surface area contributed by atoms with Gasteiger partial charge in [0.25, 0.3) is 0 Å². The van der Waals surface area contributed by atoms with Gasteiger partial charge in [0.1, 0.15) is 0 Å². The van der Waals surface area contributed by atoms with E-state index < -0.39 is 22.3 Å². The van der Waals surface area contributed by atoms with E-state index in [9.17, 15) is 9.32 Å². The summed E-state index contributed by atoms with van der Waals surface area (Å²) in [6, 6.07) is 7.80. The molecule has 1 N–H and O–H groups in total. The first-order valence-electron chi connectivity index (χ1n) is 9.28. The molecule has 1 unspecified atom stereocenters. The van der Waals surface area contributed by atoms with Crippen LogP contribution in [0.4, 0.5) is 0 Å². The predicted molar refractivity (Wildman–Crippen MR) is 105 cm³/mol. The van der Waals surface area contributed by atoms with E-state index in [1.807, 2.05) is 38.1 Å². The Bertz CT molecular complexity index is 525. The summed E-state index contributed by atoms with van der Waals surface area (Å²) in [5, 5.41) is 10.8. The average molecular weight is 351 g/mol. The minimum atomic E-state index is -1.29. The molecule has 3 heteroatoms. The molecule has 24 heavy (non-hydrogen) atoms. The molecule has 0 amide bonds. The van der Waals surface area contributed by atoms with Crippen LogP contribution < -0.4 is 0 Å². The molecule has 0 saturated carbocycles. The Morgan fingerprint density at radius 2 is 1.62 bits per heavy atom. The van der Waals surface area contributed by atoms with Crippen LogP contribution in [0.3, 0.4) is 0 Å². The van der Waals surface area contributed by atoms with E-state index in [0.29, 0.717) is 11.3 Å². The average Bonchev–Trinajstić information content (AvgIpc) is 2.61. The van der Waals surface area contributed by atoms with Crippen molar-refractivity contribution >= 4 is 10.8 Å². The topological polar surface area (TPSA) is 37.3 Å². The number of benzene rings is 1. The second-order valence-electron chi connectivity index (χ2n) is 6.79. The van der Waals surface area contributed by atoms with E-state index in [2.05, 4.69) is 20.4 Å². The van der Waals surface area contributed by atoms with Crippen LogP contribution >= 0.6 is 0 Å². The number of unbranched alkanes of at least 4 members (excludes halogenated alkanes) is 2. The van der Waals surface area contributed by atoms with Gasteiger partial charge in [0.05, 0.1) is 16.9 Å². The summed E-state index contributed by atoms with van der Waals surface area (Å²) in [5.74, 6) is 0. The molecule has 0 aliphatic heterocycles. The Kier molecular flexibility index (Phi) is 8.93. The maximum absolute atomic E-state index is 13.1. The molecule has 1 aromatic rings. The van der Waals surface area contributed by atoms with Crippen LogP contribution in [0.2, 0.25) is 0 Å². The summed E-state index contributed by atoms with van der Waals surface area (Å²) in [6.07, 6.45) is 6.05. The van der Waals surface area contributed by atoms with Crippen molar-refractivity contribution in [1.82, 2.24) is 0 Å². The van der Waals surface area contributed by atoms with Crippen molar-refractivity contribution in [2.75, 3.05) is 0 Å². The smallest absolute Gasteiger partial charge is 0.0809 e. The number of hydrogen-bond donors (Lipinski definition) is 1. The molecule has 2 nitrogen and oxygen atoms in total. The molecule has 0 spiro atoms. The highest BCUT2D eigenvalue weighted by Crippen LogP contribution is 2.45. The minimum Gasteiger partial charge on any atom is -0.392 e. The molecule has 136 valence electrons. The second-order valence-corrected chi connectivity index (χ2v) is 8.29. The molecular formula is C21H34O2S. The number of hydrogen-bond acceptors (Lipinski definition) is 2. The van der Waals surface area contributed by atoms with Gasteiger partial charge in [-0.1, -0.05) is 70.7 Å². The van der Waals surface area contributed by atoms with Crippen molar-refractivity contribution in [3.8, 4) is 0 Å². The van der Waals surface area contributed by atoms with Crippen LogP contribution in [0, 0.1) is 12.3 Å². The first-order chi connectivity index (χ1) is 11.4. The predicted octanol–water partition coefficient (Wildman–Crippen LogP) is 5.75. The fourth-order valence-corrected chi connectivity index (χ4v) is 4.66. The first kappa shape index (κ1) is 21.1. The molecule has 0 heterocycles. The van der Waals surface area contributed by atoms with Crippen molar-refractivity contribution in [1.29, 1.82) is 0 Å². The van der Waals surface area contributed by atoms with Crippen molar-refractivity contribution in [3.05, 3.63) is 41.3 Å². The van der Waals surface area contributed by atoms with Gasteiger partial charge < -0.3 is 5.11 Å². The normalized spacial score (nSPS) is 14.4. The summed E-state index contributed by atoms with van der Waals surface area (Å²) in [4.78, 5) is 1.48. The summed E-state index contributed by atoms with van der Waals surface area (Å²) in [5.41, 5.74) is 0.703. The van der Waals surface area contributed by atoms with Crippen molar-refractivity contribution in [2.24, 2.45) is 5.41 Å². The third-order valence-corrected chi connectivity index (χ3v) is 6.55. The standard InChI is InChI=1S/C21H34O2S/c1-6-9-15-21(16-10-7-2,20(22)8-3)18(5)24(23)19-13-11-17(4)12-14-19/h11-14,20,22H,5-10,15-16H2,1-4H3/t20-,24?/m1/s1. The Labute approximate surface area is 150 Å². The molecule has 0 saturated heterocycles. The van der Waals surface area contributed by atoms with Gasteiger partial charge in [-0.25, -0.2) is 4.21 Å². The highest BCUT2D eigenvalue weighted by atomic mass is 32.2. The zero-order valence-corrected chi connectivity index (χ0v) is 16.6. The van der Waals surface area contributed by atoms with Gasteiger partial charge in [-0.05, 0) is 38.3 Å². The second kappa shape index (κ2) is 10.1. The van der Waals surface area contributed by atoms with Crippen molar-refractivity contribution in [3.63, 3.8) is 0 Å². The van der Waals surface area contributed by atoms with Gasteiger partial charge in [0, 0.05) is 15.2 Å². The molecule has 0 aromatic heterocycles. The molecule has 0 radical (unpaired) electrons. The van der Waals surface area contributed by atoms with E-state index >= 15 is 0 Å². The lowest BCUT2D eigenvalue weighted by Crippen LogP contribution is -2.38. The van der Waals surface area contributed by atoms with Gasteiger partial charge in [-0.3, -0.25) is 0 Å². The lowest BCUT2D eigenvalue weighted by molar-refractivity contribution is 0.0369. The van der Waals surface area contributed by atoms with Gasteiger partial charge >= 0.3 is 0 Å². The summed E-state index contributed by atoms with van der Waals surface area (Å²) < 4.78 is 13.1. The van der Waals surface area contributed by atoms with E-state index in [4.69, 9.17) is 0 Å². The largest absolute Gasteiger partial charge is 0.392 e. The fourth-order valence-electron chi connectivity index (χ4n) is 3.29. The SMILES string of the molecule is C=C(S(=O)c1ccc(C)cc1)C(CCCC)(CCCC)[C@H](O)CC. The summed E-state index contributed by atoms with van der Waals surface area (Å²) in [6.45, 7) is 12.6. The van der Waals surface area contributed by atoms with Crippen LogP contribution in [-0.2, 0) is 10.8 Å². The van der Waals surface area contributed by atoms with Crippen LogP contribution in [0.15, 0.2) is 40.6 Å². The molecule has 2 atom stereocenters. The van der Waals surface area contributed by atoms with Gasteiger partial charge in [-0.15, -0.1) is 0 Å². The molecule has 0 fully saturated rings. The molecule has 0 aliphatic rings. The molecular weight excluding hydrogens is 316 g/mol. The number of rotatable bonds is 11. The lowest BCUT2D eigenvalue weighted by atomic mass is 9.72. The highest BCUT2D eigenvalue weighted by molar-refractivity contribution is 7.89. The Morgan fingerprint density at radius 3 is 2.04 bits per heavy atom. The first-order valence-corrected chi connectivity index (χ1v) is 10.4. The van der Waals surface area contributed by atoms with E-state index in [0.717, 1.165) is 49.0 Å². The van der Waals surface area contributed by atoms with Gasteiger partial charge in [0.15, 0.2) is 0 Å². The summed E-state index contributed by atoms with van der Waals surface area (Å²) in [7, 11) is -1.29. The zero-order valence-electron chi connectivity index (χ0n) is 15.8. The van der Waals surface area contributed by atoms with E-state index in [1.54, 1.807) is 0 Å². The minimum absolute atomic E-state index is 0.448. The number of aliphatic hydroxyl groups is 1. The zero-order chi connectivity index (χ0) is 18.2. The Hall–Kier alpha value is -0.930. The maximum Gasteiger partial charge on any atom is 0.0809 e. The van der Waals surface area contributed by atoms with E-state index in [-0.39, 0.29) is 0 Å². The molecule has 0 bridgehead atoms. The lowest BCUT2D eigenvalue weighted by Gasteiger charge is -2.39. The van der Waals surface area contributed by atoms with Gasteiger partial charge in [0.2, 0.25) is 0 Å². The maximum atomic E-state index is 13.1. The Morgan fingerprint density at radius 1 is 1.12 bits per heavy atom. The number of aryl methyl sites for hydroxylation is 1. The molecule has 1 aromatic carbocycles. The molecule has 1 rings (SSSR count). The fraction of sp³-hybridized carbons (Fsp3) is 0.619. The monoisotopic (exact) mass is 350 g/mol. The van der Waals surface area contributed by atoms with Crippen LogP contribution in [0.25, 0.3) is 0 Å². The van der Waals surface area contributed by atoms with E-state index in [1.165, 1.54) is 0 Å². The summed E-state index contributed by atoms with van der Waals surface area (Å²) >= 11 is 0. The third-order valence-electron chi connectivity index (χ3n) is 4.99. The van der Waals surface area contributed by atoms with Crippen molar-refractivity contribution in [2.45, 2.75) is 83.6 Å². The van der Waals surface area contributed by atoms with Crippen LogP contribution in [-0.4, -0.2) is 15.4 Å². The Balaban J connectivity index is 3.20. The van der Waals surface area contributed by atoms with Crippen LogP contribution in [0.5, 0.6) is 0 Å². The highest BCUT2D eigenvalue weighted by Gasteiger charge is 2.41. The third kappa shape index (κ3) is 5.03. The van der Waals surface area contributed by atoms with Crippen LogP contribution in [0.1, 0.15) is 71.3 Å². The quantitative estimate of drug-likeness (QED) is 0.551.